The minimum atomic E-state index is 0.933. The van der Waals surface area contributed by atoms with Gasteiger partial charge in [-0.3, -0.25) is 0 Å². The summed E-state index contributed by atoms with van der Waals surface area (Å²) in [4.78, 5) is 0. The van der Waals surface area contributed by atoms with Crippen LogP contribution in [0.1, 0.15) is 0 Å². The molecule has 0 saturated carbocycles. The molecule has 0 aliphatic heterocycles. The van der Waals surface area contributed by atoms with E-state index in [1.807, 2.05) is 0 Å². The molecule has 9 rings (SSSR count). The van der Waals surface area contributed by atoms with E-state index in [-0.39, 0.29) is 0 Å². The first-order valence-electron chi connectivity index (χ1n) is 13.0. The van der Waals surface area contributed by atoms with E-state index >= 15 is 0 Å². The van der Waals surface area contributed by atoms with Crippen LogP contribution in [0.2, 0.25) is 0 Å². The first-order valence-corrected chi connectivity index (χ1v) is 13.0. The molecule has 2 nitrogen and oxygen atoms in total. The van der Waals surface area contributed by atoms with Crippen molar-refractivity contribution in [3.8, 4) is 16.8 Å². The lowest BCUT2D eigenvalue weighted by Gasteiger charge is -2.16. The Morgan fingerprint density at radius 2 is 1.08 bits per heavy atom. The maximum absolute atomic E-state index is 6.44. The van der Waals surface area contributed by atoms with Gasteiger partial charge in [0, 0.05) is 26.9 Å². The van der Waals surface area contributed by atoms with E-state index in [1.165, 1.54) is 70.9 Å². The van der Waals surface area contributed by atoms with Crippen LogP contribution >= 0.6 is 0 Å². The number of para-hydroxylation sites is 2. The van der Waals surface area contributed by atoms with E-state index in [0.717, 1.165) is 11.2 Å². The van der Waals surface area contributed by atoms with Gasteiger partial charge in [0.15, 0.2) is 0 Å². The lowest BCUT2D eigenvalue weighted by Crippen LogP contribution is -1.96. The number of hydrogen-bond donors (Lipinski definition) is 0. The molecule has 0 saturated heterocycles. The molecule has 176 valence electrons. The fraction of sp³-hybridized carbons (Fsp3) is 0. The summed E-state index contributed by atoms with van der Waals surface area (Å²) in [6, 6.07) is 45.8. The van der Waals surface area contributed by atoms with Crippen LogP contribution in [-0.2, 0) is 0 Å². The monoisotopic (exact) mass is 483 g/mol. The zero-order valence-electron chi connectivity index (χ0n) is 20.5. The molecule has 0 radical (unpaired) electrons. The van der Waals surface area contributed by atoms with Crippen LogP contribution in [0.15, 0.2) is 132 Å². The lowest BCUT2D eigenvalue weighted by molar-refractivity contribution is 0.669. The summed E-state index contributed by atoms with van der Waals surface area (Å²) < 4.78 is 8.87. The number of hydrogen-bond acceptors (Lipinski definition) is 1. The largest absolute Gasteiger partial charge is 0.456 e. The van der Waals surface area contributed by atoms with Crippen LogP contribution in [0.3, 0.4) is 0 Å². The highest BCUT2D eigenvalue weighted by Crippen LogP contribution is 2.46. The van der Waals surface area contributed by atoms with Crippen LogP contribution in [0.4, 0.5) is 0 Å². The molecule has 2 aromatic heterocycles. The number of furan rings is 1. The first kappa shape index (κ1) is 20.0. The first-order chi connectivity index (χ1) is 18.9. The number of benzene rings is 7. The van der Waals surface area contributed by atoms with E-state index < -0.39 is 0 Å². The summed E-state index contributed by atoms with van der Waals surface area (Å²) in [5.41, 5.74) is 7.91. The van der Waals surface area contributed by atoms with Crippen molar-refractivity contribution in [2.75, 3.05) is 0 Å². The number of rotatable bonds is 2. The summed E-state index contributed by atoms with van der Waals surface area (Å²) >= 11 is 0. The van der Waals surface area contributed by atoms with Gasteiger partial charge >= 0.3 is 0 Å². The number of fused-ring (bicyclic) bond motifs is 6. The molecule has 0 amide bonds. The Labute approximate surface area is 218 Å². The summed E-state index contributed by atoms with van der Waals surface area (Å²) in [7, 11) is 0. The van der Waals surface area contributed by atoms with E-state index in [1.54, 1.807) is 0 Å². The zero-order valence-corrected chi connectivity index (χ0v) is 20.5. The molecule has 2 heteroatoms. The smallest absolute Gasteiger partial charge is 0.136 e. The third-order valence-electron chi connectivity index (χ3n) is 8.15. The molecule has 9 aromatic rings. The van der Waals surface area contributed by atoms with Gasteiger partial charge in [0.05, 0.1) is 16.7 Å². The average Bonchev–Trinajstić information content (AvgIpc) is 3.53. The zero-order chi connectivity index (χ0) is 24.8. The lowest BCUT2D eigenvalue weighted by atomic mass is 9.91. The highest BCUT2D eigenvalue weighted by atomic mass is 16.3. The van der Waals surface area contributed by atoms with Gasteiger partial charge in [0.25, 0.3) is 0 Å². The predicted octanol–water partition coefficient (Wildman–Crippen LogP) is 10.1. The second kappa shape index (κ2) is 7.24. The normalized spacial score (nSPS) is 12.2. The number of aromatic nitrogens is 1. The van der Waals surface area contributed by atoms with Crippen LogP contribution in [0.25, 0.3) is 82.1 Å². The Balaban J connectivity index is 1.54. The van der Waals surface area contributed by atoms with Crippen molar-refractivity contribution >= 4 is 65.3 Å². The van der Waals surface area contributed by atoms with Crippen molar-refractivity contribution in [2.45, 2.75) is 0 Å². The van der Waals surface area contributed by atoms with Gasteiger partial charge in [0.1, 0.15) is 11.2 Å². The van der Waals surface area contributed by atoms with Crippen molar-refractivity contribution in [1.29, 1.82) is 0 Å². The molecule has 7 aromatic carbocycles. The SMILES string of the molecule is c1ccc(-c2ccc3c(c2)c2c(-n4c5ccccc5c5ccccc54)ccc4oc5cccc3c5c42)cc1. The molecule has 38 heavy (non-hydrogen) atoms. The topological polar surface area (TPSA) is 18.1 Å². The van der Waals surface area contributed by atoms with Gasteiger partial charge in [-0.1, -0.05) is 91.0 Å². The number of nitrogens with zero attached hydrogens (tertiary/aromatic N) is 1. The van der Waals surface area contributed by atoms with Gasteiger partial charge in [-0.25, -0.2) is 0 Å². The molecule has 0 aliphatic carbocycles. The quantitative estimate of drug-likeness (QED) is 0.224. The van der Waals surface area contributed by atoms with Crippen molar-refractivity contribution in [3.05, 3.63) is 127 Å². The maximum atomic E-state index is 6.44. The van der Waals surface area contributed by atoms with Crippen LogP contribution in [0.5, 0.6) is 0 Å². The van der Waals surface area contributed by atoms with E-state index in [9.17, 15) is 0 Å². The summed E-state index contributed by atoms with van der Waals surface area (Å²) in [5.74, 6) is 0. The Kier molecular flexibility index (Phi) is 3.82. The van der Waals surface area contributed by atoms with Gasteiger partial charge in [0.2, 0.25) is 0 Å². The minimum absolute atomic E-state index is 0.933. The van der Waals surface area contributed by atoms with E-state index in [4.69, 9.17) is 4.42 Å². The molecule has 0 bridgehead atoms. The molecule has 0 unspecified atom stereocenters. The summed E-state index contributed by atoms with van der Waals surface area (Å²) in [6.07, 6.45) is 0. The van der Waals surface area contributed by atoms with Crippen molar-refractivity contribution in [3.63, 3.8) is 0 Å². The van der Waals surface area contributed by atoms with Gasteiger partial charge in [-0.2, -0.15) is 0 Å². The molecule has 0 N–H and O–H groups in total. The van der Waals surface area contributed by atoms with Crippen molar-refractivity contribution in [2.24, 2.45) is 0 Å². The second-order valence-corrected chi connectivity index (χ2v) is 10.1. The molecule has 0 fully saturated rings. The minimum Gasteiger partial charge on any atom is -0.456 e. The Morgan fingerprint density at radius 1 is 0.395 bits per heavy atom. The Bertz CT molecular complexity index is 2280. The van der Waals surface area contributed by atoms with Gasteiger partial charge in [-0.15, -0.1) is 0 Å². The summed E-state index contributed by atoms with van der Waals surface area (Å²) in [5, 5.41) is 9.91. The van der Waals surface area contributed by atoms with Gasteiger partial charge < -0.3 is 8.98 Å². The van der Waals surface area contributed by atoms with Crippen molar-refractivity contribution < 1.29 is 4.42 Å². The molecule has 0 atom stereocenters. The standard InChI is InChI=1S/C36H21NO/c1-2-9-22(10-3-1)23-17-18-24-27-13-8-16-32-35(27)36-33(38-32)20-19-31(34(36)28(24)21-23)37-29-14-6-4-11-25(29)26-12-5-7-15-30(26)37/h1-21H. The Morgan fingerprint density at radius 3 is 1.87 bits per heavy atom. The average molecular weight is 484 g/mol. The second-order valence-electron chi connectivity index (χ2n) is 10.1. The summed E-state index contributed by atoms with van der Waals surface area (Å²) in [6.45, 7) is 0. The molecule has 0 aliphatic rings. The van der Waals surface area contributed by atoms with Crippen molar-refractivity contribution in [1.82, 2.24) is 4.57 Å². The fourth-order valence-corrected chi connectivity index (χ4v) is 6.56. The van der Waals surface area contributed by atoms with E-state index in [2.05, 4.69) is 132 Å². The fourth-order valence-electron chi connectivity index (χ4n) is 6.56. The van der Waals surface area contributed by atoms with Gasteiger partial charge in [-0.05, 0) is 63.7 Å². The maximum Gasteiger partial charge on any atom is 0.136 e. The highest BCUT2D eigenvalue weighted by molar-refractivity contribution is 6.35. The van der Waals surface area contributed by atoms with E-state index in [0.29, 0.717) is 0 Å². The molecule has 2 heterocycles. The van der Waals surface area contributed by atoms with Crippen LogP contribution in [-0.4, -0.2) is 4.57 Å². The predicted molar refractivity (Wildman–Crippen MR) is 160 cm³/mol. The molecular formula is C36H21NO. The third kappa shape index (κ3) is 2.51. The third-order valence-corrected chi connectivity index (χ3v) is 8.15. The highest BCUT2D eigenvalue weighted by Gasteiger charge is 2.22. The van der Waals surface area contributed by atoms with Crippen LogP contribution < -0.4 is 0 Å². The molecular weight excluding hydrogens is 462 g/mol. The molecule has 0 spiro atoms. The van der Waals surface area contributed by atoms with Crippen LogP contribution in [0, 0.1) is 0 Å². The Hall–Kier alpha value is -5.08.